The van der Waals surface area contributed by atoms with E-state index in [1.165, 1.54) is 28.5 Å². The molecule has 3 atom stereocenters. The molecule has 3 heterocycles. The summed E-state index contributed by atoms with van der Waals surface area (Å²) >= 11 is 0. The largest absolute Gasteiger partial charge is 1.00 e. The number of carbonyl (C=O) groups is 16. The maximum atomic E-state index is 12.2. The first-order chi connectivity index (χ1) is 52.1. The van der Waals surface area contributed by atoms with Crippen LogP contribution >= 0.6 is 12.4 Å². The molecule has 112 heavy (non-hydrogen) atoms. The number of halogens is 1. The molecule has 3 fully saturated rings. The standard InChI is InChI=1S/C17H23NO4.3C15H17NO5.C9H16O3.C5H8O2.C3H7NO.ClH.Na.H2O/c1-3-22-17(21)11-12-18(13-14(2)19)16(20)10-9-15-7-5-4-6-8-15;2*1-2-20-14(18)12-8-16(9-13(12)17)15(19)21-10-11-6-4-3-5-7-11;1-2-20-14(18)13-12(17)8-9-16(13)15(19)21-10-11-6-4-3-5-7-11;1-3-12-9(11)7-5-4-6-8(2)10;1-3-5(6)7-4-2;1-3(5)2-4;;;/h4-8H,3,9-13H2,1-2H3;2*3-7,12H,2,8-10H2,1H3;3-7,13H,2,8-10H2,1H3;3-7H2,1-2H3;3H,1,4H2,2H3;2,4H2,1H3;1H;;1H2/q;;;;;;;;+1;/p-1. The van der Waals surface area contributed by atoms with Crippen LogP contribution in [0.4, 0.5) is 14.4 Å². The van der Waals surface area contributed by atoms with E-state index in [-0.39, 0.29) is 211 Å². The van der Waals surface area contributed by atoms with Crippen LogP contribution in [0, 0.1) is 11.8 Å². The summed E-state index contributed by atoms with van der Waals surface area (Å²) in [5, 5.41) is 0. The molecule has 33 heteroatoms. The zero-order chi connectivity index (χ0) is 81.5. The molecule has 7 rings (SSSR count). The van der Waals surface area contributed by atoms with Crippen LogP contribution in [-0.4, -0.2) is 218 Å². The maximum absolute atomic E-state index is 12.2. The molecule has 4 aromatic rings. The molecule has 3 N–H and O–H groups in total. The topological polar surface area (TPSA) is 425 Å². The van der Waals surface area contributed by atoms with Gasteiger partial charge in [0.15, 0.2) is 23.4 Å². The van der Waals surface area contributed by atoms with Gasteiger partial charge in [0.25, 0.3) is 0 Å². The van der Waals surface area contributed by atoms with Crippen LogP contribution in [-0.2, 0) is 131 Å². The van der Waals surface area contributed by atoms with E-state index in [0.717, 1.165) is 46.1 Å². The third kappa shape index (κ3) is 46.6. The number of nitrogens with zero attached hydrogens (tertiary/aromatic N) is 4. The van der Waals surface area contributed by atoms with E-state index in [2.05, 4.69) is 11.3 Å². The molecular formula is C79H107ClN5NaO26. The van der Waals surface area contributed by atoms with Crippen molar-refractivity contribution in [3.05, 3.63) is 156 Å². The predicted octanol–water partition coefficient (Wildman–Crippen LogP) is 5.51. The van der Waals surface area contributed by atoms with Gasteiger partial charge in [-0.05, 0) is 104 Å². The zero-order valence-electron chi connectivity index (χ0n) is 65.7. The fourth-order valence-electron chi connectivity index (χ4n) is 9.47. The number of hydrogen-bond acceptors (Lipinski definition) is 27. The number of amides is 4. The molecule has 4 aromatic carbocycles. The molecule has 0 radical (unpaired) electrons. The minimum atomic E-state index is -1.17. The van der Waals surface area contributed by atoms with Crippen LogP contribution in [0.2, 0.25) is 0 Å². The third-order valence-electron chi connectivity index (χ3n) is 14.8. The molecule has 0 saturated carbocycles. The molecule has 0 spiro atoms. The van der Waals surface area contributed by atoms with E-state index in [0.29, 0.717) is 45.5 Å². The SMILES string of the molecule is C=CC(=O)OCC.CC(=O)CN.CCOC(=O)C1C(=O)CCN1C(=O)OCc1ccccc1.CCOC(=O)C1CN(C(=O)OCc2ccccc2)CC1=O.CCOC(=O)C1CN(C(=O)OCc2ccccc2)CC1=O.CCOC(=O)CCCCC(C)=O.CCOC(=O)CCN(CC(C)=O)C(=O)CCc1ccccc1.Cl.[Na+].[OH-]. The molecule has 31 nitrogen and oxygen atoms in total. The first kappa shape index (κ1) is 106. The van der Waals surface area contributed by atoms with Crippen LogP contribution < -0.4 is 35.3 Å². The number of benzene rings is 4. The molecular weight excluding hydrogens is 1490 g/mol. The third-order valence-corrected chi connectivity index (χ3v) is 14.8. The van der Waals surface area contributed by atoms with E-state index in [9.17, 15) is 76.7 Å². The molecule has 612 valence electrons. The van der Waals surface area contributed by atoms with Crippen LogP contribution in [0.5, 0.6) is 0 Å². The monoisotopic (exact) mass is 1600 g/mol. The number of nitrogens with two attached hydrogens (primary N) is 1. The smallest absolute Gasteiger partial charge is 0.870 e. The van der Waals surface area contributed by atoms with Crippen molar-refractivity contribution in [2.45, 2.75) is 140 Å². The van der Waals surface area contributed by atoms with E-state index >= 15 is 0 Å². The molecule has 0 aliphatic carbocycles. The number of ether oxygens (including phenoxy) is 9. The van der Waals surface area contributed by atoms with E-state index in [1.54, 1.807) is 48.5 Å². The second kappa shape index (κ2) is 63.6. The Hall–Kier alpha value is -10.1. The zero-order valence-corrected chi connectivity index (χ0v) is 68.5. The molecule has 0 bridgehead atoms. The predicted molar refractivity (Wildman–Crippen MR) is 405 cm³/mol. The fourth-order valence-corrected chi connectivity index (χ4v) is 9.47. The van der Waals surface area contributed by atoms with Crippen molar-refractivity contribution in [3.8, 4) is 0 Å². The Bertz CT molecular complexity index is 3440. The van der Waals surface area contributed by atoms with Crippen molar-refractivity contribution in [2.75, 3.05) is 92.0 Å². The minimum Gasteiger partial charge on any atom is -0.870 e. The number of unbranched alkanes of at least 4 members (excludes halogenated alkanes) is 1. The second-order valence-electron chi connectivity index (χ2n) is 23.6. The Morgan fingerprint density at radius 2 is 0.830 bits per heavy atom. The van der Waals surface area contributed by atoms with Crippen molar-refractivity contribution in [1.82, 2.24) is 19.6 Å². The summed E-state index contributed by atoms with van der Waals surface area (Å²) in [6, 6.07) is 36.2. The Labute approximate surface area is 682 Å². The number of rotatable bonds is 30. The Kier molecular flexibility index (Phi) is 60.2. The molecule has 3 aliphatic heterocycles. The fraction of sp³-hybridized carbons (Fsp3) is 0.468. The Morgan fingerprint density at radius 3 is 1.19 bits per heavy atom. The van der Waals surface area contributed by atoms with Gasteiger partial charge in [0.2, 0.25) is 5.91 Å². The van der Waals surface area contributed by atoms with Gasteiger partial charge in [0.1, 0.15) is 49.0 Å². The first-order valence-electron chi connectivity index (χ1n) is 35.7. The number of Topliss-reactive ketones (excluding diaryl/α,β-unsaturated/α-hetero) is 6. The van der Waals surface area contributed by atoms with Crippen LogP contribution in [0.1, 0.15) is 130 Å². The average Bonchev–Trinajstić information content (AvgIpc) is 1.68. The van der Waals surface area contributed by atoms with E-state index in [4.69, 9.17) is 43.6 Å². The molecule has 4 amide bonds. The quantitative estimate of drug-likeness (QED) is 0.0168. The Balaban J connectivity index is -0.00000128. The van der Waals surface area contributed by atoms with Gasteiger partial charge in [-0.1, -0.05) is 128 Å². The summed E-state index contributed by atoms with van der Waals surface area (Å²) in [5.41, 5.74) is 8.45. The van der Waals surface area contributed by atoms with Gasteiger partial charge < -0.3 is 63.5 Å². The summed E-state index contributed by atoms with van der Waals surface area (Å²) in [4.78, 5) is 187. The van der Waals surface area contributed by atoms with Crippen LogP contribution in [0.15, 0.2) is 134 Å². The number of carbonyl (C=O) groups excluding carboxylic acids is 16. The van der Waals surface area contributed by atoms with Gasteiger partial charge in [-0.2, -0.15) is 0 Å². The van der Waals surface area contributed by atoms with E-state index in [1.807, 2.05) is 121 Å². The Morgan fingerprint density at radius 1 is 0.464 bits per heavy atom. The van der Waals surface area contributed by atoms with Gasteiger partial charge in [0, 0.05) is 57.9 Å². The summed E-state index contributed by atoms with van der Waals surface area (Å²) < 4.78 is 43.9. The minimum absolute atomic E-state index is 0. The van der Waals surface area contributed by atoms with Gasteiger partial charge in [-0.25, -0.2) is 24.0 Å². The number of aryl methyl sites for hydroxylation is 1. The molecule has 3 aliphatic rings. The summed E-state index contributed by atoms with van der Waals surface area (Å²) in [5.74, 6) is -5.48. The number of likely N-dealkylation sites (tertiary alicyclic amines) is 3. The van der Waals surface area contributed by atoms with E-state index < -0.39 is 54.1 Å². The van der Waals surface area contributed by atoms with Gasteiger partial charge in [0.05, 0.1) is 72.2 Å². The normalized spacial score (nSPS) is 13.8. The van der Waals surface area contributed by atoms with Crippen LogP contribution in [0.25, 0.3) is 0 Å². The molecule has 3 unspecified atom stereocenters. The van der Waals surface area contributed by atoms with Crippen molar-refractivity contribution in [3.63, 3.8) is 0 Å². The summed E-state index contributed by atoms with van der Waals surface area (Å²) in [6.45, 7) is 20.4. The van der Waals surface area contributed by atoms with Crippen molar-refractivity contribution in [1.29, 1.82) is 0 Å². The van der Waals surface area contributed by atoms with Crippen molar-refractivity contribution >= 4 is 107 Å². The van der Waals surface area contributed by atoms with Crippen LogP contribution in [0.3, 0.4) is 0 Å². The number of ketones is 6. The maximum Gasteiger partial charge on any atom is 1.00 e. The summed E-state index contributed by atoms with van der Waals surface area (Å²) in [6.07, 6.45) is 2.99. The van der Waals surface area contributed by atoms with Gasteiger partial charge >= 0.3 is 83.7 Å². The van der Waals surface area contributed by atoms with Crippen molar-refractivity contribution in [2.24, 2.45) is 17.6 Å². The second-order valence-corrected chi connectivity index (χ2v) is 23.6. The number of esters is 6. The number of hydrogen-bond donors (Lipinski definition) is 1. The van der Waals surface area contributed by atoms with Gasteiger partial charge in [-0.3, -0.25) is 62.6 Å². The average molecular weight is 1600 g/mol. The molecule has 3 saturated heterocycles. The molecule has 0 aromatic heterocycles. The van der Waals surface area contributed by atoms with Gasteiger partial charge in [-0.15, -0.1) is 12.4 Å². The van der Waals surface area contributed by atoms with Crippen molar-refractivity contribution < 1.29 is 154 Å². The first-order valence-corrected chi connectivity index (χ1v) is 35.7. The summed E-state index contributed by atoms with van der Waals surface area (Å²) in [7, 11) is 0.